The Morgan fingerprint density at radius 1 is 1.33 bits per heavy atom. The first-order chi connectivity index (χ1) is 7.16. The van der Waals surface area contributed by atoms with Gasteiger partial charge in [-0.1, -0.05) is 0 Å². The van der Waals surface area contributed by atoms with E-state index in [9.17, 15) is 0 Å². The Kier molecular flexibility index (Phi) is 2.86. The van der Waals surface area contributed by atoms with E-state index in [1.165, 1.54) is 6.42 Å². The highest BCUT2D eigenvalue weighted by atomic mass is 15.3. The average molecular weight is 206 g/mol. The normalized spacial score (nSPS) is 20.6. The Balaban J connectivity index is 2.20. The second-order valence-corrected chi connectivity index (χ2v) is 4.21. The molecule has 0 bridgehead atoms. The molecular weight excluding hydrogens is 188 g/mol. The molecule has 0 amide bonds. The molecule has 0 aromatic carbocycles. The van der Waals surface area contributed by atoms with Crippen molar-refractivity contribution in [3.8, 4) is 0 Å². The fraction of sp³-hybridized carbons (Fsp3) is 0.636. The molecule has 1 aromatic heterocycles. The van der Waals surface area contributed by atoms with Crippen LogP contribution in [0.25, 0.3) is 0 Å². The van der Waals surface area contributed by atoms with Crippen molar-refractivity contribution in [1.29, 1.82) is 0 Å². The Morgan fingerprint density at radius 3 is 2.53 bits per heavy atom. The summed E-state index contributed by atoms with van der Waals surface area (Å²) in [6.07, 6.45) is 1.17. The van der Waals surface area contributed by atoms with Gasteiger partial charge in [0, 0.05) is 31.0 Å². The number of nitrogens with zero attached hydrogens (tertiary/aromatic N) is 3. The summed E-state index contributed by atoms with van der Waals surface area (Å²) >= 11 is 0. The molecule has 0 saturated carbocycles. The van der Waals surface area contributed by atoms with Crippen molar-refractivity contribution < 1.29 is 0 Å². The van der Waals surface area contributed by atoms with Crippen LogP contribution < -0.4 is 10.2 Å². The number of hydrogen-bond acceptors (Lipinski definition) is 4. The third-order valence-corrected chi connectivity index (χ3v) is 2.87. The Labute approximate surface area is 90.7 Å². The number of aryl methyl sites for hydroxylation is 2. The third-order valence-electron chi connectivity index (χ3n) is 2.87. The molecule has 1 saturated heterocycles. The molecule has 1 fully saturated rings. The molecule has 0 spiro atoms. The van der Waals surface area contributed by atoms with E-state index in [2.05, 4.69) is 27.2 Å². The molecule has 0 unspecified atom stereocenters. The molecule has 1 N–H and O–H groups in total. The van der Waals surface area contributed by atoms with Crippen molar-refractivity contribution in [2.75, 3.05) is 25.0 Å². The van der Waals surface area contributed by atoms with E-state index in [-0.39, 0.29) is 0 Å². The summed E-state index contributed by atoms with van der Waals surface area (Å²) in [5, 5.41) is 3.35. The Bertz CT molecular complexity index is 324. The maximum absolute atomic E-state index is 4.47. The van der Waals surface area contributed by atoms with Gasteiger partial charge in [-0.2, -0.15) is 0 Å². The highest BCUT2D eigenvalue weighted by Gasteiger charge is 2.21. The van der Waals surface area contributed by atoms with Crippen LogP contribution in [0.4, 0.5) is 5.95 Å². The predicted octanol–water partition coefficient (Wildman–Crippen LogP) is 0.892. The van der Waals surface area contributed by atoms with Crippen molar-refractivity contribution in [3.63, 3.8) is 0 Å². The molecule has 15 heavy (non-hydrogen) atoms. The van der Waals surface area contributed by atoms with Crippen molar-refractivity contribution in [2.24, 2.45) is 0 Å². The molecular formula is C11H18N4. The summed E-state index contributed by atoms with van der Waals surface area (Å²) in [5.74, 6) is 0.848. The lowest BCUT2D eigenvalue weighted by Crippen LogP contribution is -2.34. The van der Waals surface area contributed by atoms with Crippen LogP contribution in [-0.4, -0.2) is 36.1 Å². The van der Waals surface area contributed by atoms with Crippen LogP contribution in [0.1, 0.15) is 17.8 Å². The Morgan fingerprint density at radius 2 is 2.00 bits per heavy atom. The summed E-state index contributed by atoms with van der Waals surface area (Å²) in [6.45, 7) is 6.16. The van der Waals surface area contributed by atoms with Crippen molar-refractivity contribution in [1.82, 2.24) is 15.3 Å². The van der Waals surface area contributed by atoms with Gasteiger partial charge in [0.15, 0.2) is 0 Å². The molecule has 1 aliphatic heterocycles. The van der Waals surface area contributed by atoms with Crippen LogP contribution in [0, 0.1) is 13.8 Å². The highest BCUT2D eigenvalue weighted by Crippen LogP contribution is 2.14. The van der Waals surface area contributed by atoms with E-state index >= 15 is 0 Å². The van der Waals surface area contributed by atoms with Crippen LogP contribution in [-0.2, 0) is 0 Å². The van der Waals surface area contributed by atoms with Gasteiger partial charge < -0.3 is 10.2 Å². The van der Waals surface area contributed by atoms with Crippen LogP contribution in [0.2, 0.25) is 0 Å². The summed E-state index contributed by atoms with van der Waals surface area (Å²) < 4.78 is 0. The highest BCUT2D eigenvalue weighted by molar-refractivity contribution is 5.33. The molecule has 82 valence electrons. The van der Waals surface area contributed by atoms with Gasteiger partial charge in [-0.25, -0.2) is 9.97 Å². The monoisotopic (exact) mass is 206 g/mol. The standard InChI is InChI=1S/C11H18N4/c1-8-6-9(2)14-11(13-8)15(3)10-4-5-12-7-10/h6,10,12H,4-5,7H2,1-3H3/t10-/m0/s1. The van der Waals surface area contributed by atoms with Gasteiger partial charge in [-0.15, -0.1) is 0 Å². The molecule has 1 aliphatic rings. The van der Waals surface area contributed by atoms with Crippen molar-refractivity contribution >= 4 is 5.95 Å². The lowest BCUT2D eigenvalue weighted by atomic mass is 10.2. The van der Waals surface area contributed by atoms with E-state index in [1.807, 2.05) is 19.9 Å². The van der Waals surface area contributed by atoms with E-state index < -0.39 is 0 Å². The van der Waals surface area contributed by atoms with Crippen LogP contribution in [0.3, 0.4) is 0 Å². The molecule has 4 heteroatoms. The summed E-state index contributed by atoms with van der Waals surface area (Å²) in [5.41, 5.74) is 2.07. The lowest BCUT2D eigenvalue weighted by molar-refractivity contribution is 0.665. The van der Waals surface area contributed by atoms with Gasteiger partial charge in [-0.3, -0.25) is 0 Å². The first kappa shape index (κ1) is 10.4. The minimum Gasteiger partial charge on any atom is -0.340 e. The topological polar surface area (TPSA) is 41.1 Å². The summed E-state index contributed by atoms with van der Waals surface area (Å²) in [4.78, 5) is 11.1. The number of anilines is 1. The zero-order valence-corrected chi connectivity index (χ0v) is 9.62. The predicted molar refractivity (Wildman–Crippen MR) is 61.2 cm³/mol. The van der Waals surface area contributed by atoms with Gasteiger partial charge in [0.05, 0.1) is 0 Å². The van der Waals surface area contributed by atoms with E-state index in [0.717, 1.165) is 30.4 Å². The van der Waals surface area contributed by atoms with Crippen LogP contribution in [0.5, 0.6) is 0 Å². The van der Waals surface area contributed by atoms with E-state index in [0.29, 0.717) is 6.04 Å². The maximum Gasteiger partial charge on any atom is 0.225 e. The number of aromatic nitrogens is 2. The molecule has 1 aromatic rings. The van der Waals surface area contributed by atoms with Gasteiger partial charge in [-0.05, 0) is 32.9 Å². The van der Waals surface area contributed by atoms with Gasteiger partial charge >= 0.3 is 0 Å². The quantitative estimate of drug-likeness (QED) is 0.780. The van der Waals surface area contributed by atoms with Crippen LogP contribution >= 0.6 is 0 Å². The Hall–Kier alpha value is -1.16. The lowest BCUT2D eigenvalue weighted by Gasteiger charge is -2.24. The van der Waals surface area contributed by atoms with Gasteiger partial charge in [0.2, 0.25) is 5.95 Å². The van der Waals surface area contributed by atoms with Gasteiger partial charge in [0.1, 0.15) is 0 Å². The van der Waals surface area contributed by atoms with E-state index in [4.69, 9.17) is 0 Å². The smallest absolute Gasteiger partial charge is 0.225 e. The number of nitrogens with one attached hydrogen (secondary N) is 1. The number of likely N-dealkylation sites (N-methyl/N-ethyl adjacent to an activating group) is 1. The molecule has 2 rings (SSSR count). The molecule has 0 aliphatic carbocycles. The second kappa shape index (κ2) is 4.14. The molecule has 4 nitrogen and oxygen atoms in total. The SMILES string of the molecule is Cc1cc(C)nc(N(C)[C@H]2CCNC2)n1. The summed E-state index contributed by atoms with van der Waals surface area (Å²) in [6, 6.07) is 2.54. The fourth-order valence-electron chi connectivity index (χ4n) is 2.00. The fourth-order valence-corrected chi connectivity index (χ4v) is 2.00. The largest absolute Gasteiger partial charge is 0.340 e. The number of hydrogen-bond donors (Lipinski definition) is 1. The van der Waals surface area contributed by atoms with Crippen molar-refractivity contribution in [2.45, 2.75) is 26.3 Å². The third kappa shape index (κ3) is 2.26. The van der Waals surface area contributed by atoms with E-state index in [1.54, 1.807) is 0 Å². The zero-order chi connectivity index (χ0) is 10.8. The minimum absolute atomic E-state index is 0.534. The van der Waals surface area contributed by atoms with Crippen molar-refractivity contribution in [3.05, 3.63) is 17.5 Å². The number of rotatable bonds is 2. The molecule has 1 atom stereocenters. The second-order valence-electron chi connectivity index (χ2n) is 4.21. The van der Waals surface area contributed by atoms with Gasteiger partial charge in [0.25, 0.3) is 0 Å². The average Bonchev–Trinajstić information content (AvgIpc) is 2.67. The summed E-state index contributed by atoms with van der Waals surface area (Å²) in [7, 11) is 2.08. The van der Waals surface area contributed by atoms with Crippen LogP contribution in [0.15, 0.2) is 6.07 Å². The molecule has 0 radical (unpaired) electrons. The minimum atomic E-state index is 0.534. The zero-order valence-electron chi connectivity index (χ0n) is 9.62. The molecule has 2 heterocycles. The maximum atomic E-state index is 4.47. The first-order valence-electron chi connectivity index (χ1n) is 5.42. The first-order valence-corrected chi connectivity index (χ1v) is 5.42.